The molecule has 0 N–H and O–H groups in total. The number of aryl methyl sites for hydroxylation is 1. The molecule has 100 valence electrons. The lowest BCUT2D eigenvalue weighted by atomic mass is 10.1. The molecule has 0 heterocycles. The maximum atomic E-state index is 12.0. The summed E-state index contributed by atoms with van der Waals surface area (Å²) in [4.78, 5) is 22.1. The number of rotatable bonds is 4. The number of nitrogens with zero attached hydrogens (tertiary/aromatic N) is 1. The summed E-state index contributed by atoms with van der Waals surface area (Å²) in [6.45, 7) is 1.99. The van der Waals surface area contributed by atoms with E-state index in [2.05, 4.69) is 0 Å². The number of carbonyl (C=O) groups excluding carboxylic acids is 1. The fourth-order valence-corrected chi connectivity index (χ4v) is 1.72. The Balaban J connectivity index is 2.17. The molecule has 0 unspecified atom stereocenters. The molecule has 0 fully saturated rings. The maximum Gasteiger partial charge on any atom is 0.270 e. The zero-order valence-electron chi connectivity index (χ0n) is 10.9. The Bertz CT molecular complexity index is 672. The summed E-state index contributed by atoms with van der Waals surface area (Å²) < 4.78 is 0. The fraction of sp³-hybridized carbons (Fsp3) is 0.0625. The topological polar surface area (TPSA) is 60.2 Å². The summed E-state index contributed by atoms with van der Waals surface area (Å²) in [7, 11) is 0. The van der Waals surface area contributed by atoms with Gasteiger partial charge in [-0.3, -0.25) is 14.9 Å². The van der Waals surface area contributed by atoms with Crippen molar-refractivity contribution in [2.24, 2.45) is 0 Å². The highest BCUT2D eigenvalue weighted by atomic mass is 16.6. The maximum absolute atomic E-state index is 12.0. The Kier molecular flexibility index (Phi) is 4.05. The predicted molar refractivity (Wildman–Crippen MR) is 77.6 cm³/mol. The Hall–Kier alpha value is -2.75. The molecule has 0 aliphatic carbocycles. The lowest BCUT2D eigenvalue weighted by Crippen LogP contribution is -1.96. The zero-order chi connectivity index (χ0) is 14.5. The van der Waals surface area contributed by atoms with Gasteiger partial charge in [0.2, 0.25) is 0 Å². The molecule has 0 bridgehead atoms. The summed E-state index contributed by atoms with van der Waals surface area (Å²) in [5, 5.41) is 10.7. The third-order valence-corrected chi connectivity index (χ3v) is 2.85. The molecule has 0 radical (unpaired) electrons. The van der Waals surface area contributed by atoms with Gasteiger partial charge in [-0.1, -0.05) is 48.0 Å². The molecule has 0 aliphatic rings. The molecule has 2 aromatic rings. The van der Waals surface area contributed by atoms with Crippen LogP contribution in [-0.4, -0.2) is 10.7 Å². The minimum absolute atomic E-state index is 0.0837. The molecule has 0 saturated carbocycles. The second-order valence-electron chi connectivity index (χ2n) is 4.42. The molecule has 4 nitrogen and oxygen atoms in total. The van der Waals surface area contributed by atoms with E-state index in [0.29, 0.717) is 5.56 Å². The Labute approximate surface area is 116 Å². The standard InChI is InChI=1S/C16H13NO3/c1-12-5-7-13(8-6-12)9-10-16(18)14-3-2-4-15(11-14)17(19)20/h2-11H,1H3/b10-9-. The number of non-ortho nitro benzene ring substituents is 1. The van der Waals surface area contributed by atoms with Crippen LogP contribution in [0, 0.1) is 17.0 Å². The quantitative estimate of drug-likeness (QED) is 0.366. The second kappa shape index (κ2) is 5.93. The number of ketones is 1. The van der Waals surface area contributed by atoms with E-state index in [1.54, 1.807) is 12.1 Å². The van der Waals surface area contributed by atoms with Gasteiger partial charge in [-0.05, 0) is 18.6 Å². The van der Waals surface area contributed by atoms with Crippen molar-refractivity contribution in [3.8, 4) is 0 Å². The molecule has 2 rings (SSSR count). The highest BCUT2D eigenvalue weighted by Gasteiger charge is 2.09. The van der Waals surface area contributed by atoms with Gasteiger partial charge < -0.3 is 0 Å². The Morgan fingerprint density at radius 2 is 1.85 bits per heavy atom. The van der Waals surface area contributed by atoms with Crippen LogP contribution in [0.15, 0.2) is 54.6 Å². The average Bonchev–Trinajstić information content (AvgIpc) is 2.46. The Morgan fingerprint density at radius 1 is 1.15 bits per heavy atom. The first-order valence-electron chi connectivity index (χ1n) is 6.10. The molecule has 0 aliphatic heterocycles. The van der Waals surface area contributed by atoms with Crippen molar-refractivity contribution in [2.45, 2.75) is 6.92 Å². The van der Waals surface area contributed by atoms with E-state index in [-0.39, 0.29) is 11.5 Å². The van der Waals surface area contributed by atoms with Gasteiger partial charge >= 0.3 is 0 Å². The third kappa shape index (κ3) is 3.38. The van der Waals surface area contributed by atoms with Crippen LogP contribution >= 0.6 is 0 Å². The lowest BCUT2D eigenvalue weighted by molar-refractivity contribution is -0.384. The predicted octanol–water partition coefficient (Wildman–Crippen LogP) is 3.80. The second-order valence-corrected chi connectivity index (χ2v) is 4.42. The summed E-state index contributed by atoms with van der Waals surface area (Å²) in [5.74, 6) is -0.255. The fourth-order valence-electron chi connectivity index (χ4n) is 1.72. The molecule has 0 saturated heterocycles. The lowest BCUT2D eigenvalue weighted by Gasteiger charge is -1.97. The Morgan fingerprint density at radius 3 is 2.50 bits per heavy atom. The number of carbonyl (C=O) groups is 1. The smallest absolute Gasteiger partial charge is 0.270 e. The minimum Gasteiger partial charge on any atom is -0.289 e. The zero-order valence-corrected chi connectivity index (χ0v) is 10.9. The van der Waals surface area contributed by atoms with Crippen molar-refractivity contribution < 1.29 is 9.72 Å². The largest absolute Gasteiger partial charge is 0.289 e. The third-order valence-electron chi connectivity index (χ3n) is 2.85. The van der Waals surface area contributed by atoms with Crippen LogP contribution in [0.25, 0.3) is 6.08 Å². The van der Waals surface area contributed by atoms with E-state index in [9.17, 15) is 14.9 Å². The van der Waals surface area contributed by atoms with Crippen LogP contribution in [0.1, 0.15) is 21.5 Å². The van der Waals surface area contributed by atoms with Gasteiger partial charge in [0.05, 0.1) is 4.92 Å². The first-order valence-corrected chi connectivity index (χ1v) is 6.10. The van der Waals surface area contributed by atoms with Gasteiger partial charge in [-0.2, -0.15) is 0 Å². The van der Waals surface area contributed by atoms with E-state index in [4.69, 9.17) is 0 Å². The van der Waals surface area contributed by atoms with Gasteiger partial charge in [0.15, 0.2) is 5.78 Å². The van der Waals surface area contributed by atoms with E-state index >= 15 is 0 Å². The van der Waals surface area contributed by atoms with Crippen molar-refractivity contribution in [2.75, 3.05) is 0 Å². The van der Waals surface area contributed by atoms with Gasteiger partial charge in [-0.25, -0.2) is 0 Å². The minimum atomic E-state index is -0.513. The van der Waals surface area contributed by atoms with E-state index < -0.39 is 4.92 Å². The van der Waals surface area contributed by atoms with E-state index in [0.717, 1.165) is 11.1 Å². The molecule has 0 aromatic heterocycles. The summed E-state index contributed by atoms with van der Waals surface area (Å²) >= 11 is 0. The van der Waals surface area contributed by atoms with Crippen LogP contribution in [-0.2, 0) is 0 Å². The van der Waals surface area contributed by atoms with E-state index in [1.165, 1.54) is 24.3 Å². The van der Waals surface area contributed by atoms with Crippen molar-refractivity contribution in [1.82, 2.24) is 0 Å². The molecule has 4 heteroatoms. The molecule has 0 atom stereocenters. The number of nitro benzene ring substituents is 1. The van der Waals surface area contributed by atoms with Crippen molar-refractivity contribution in [3.63, 3.8) is 0 Å². The van der Waals surface area contributed by atoms with Crippen LogP contribution < -0.4 is 0 Å². The van der Waals surface area contributed by atoms with Gasteiger partial charge in [-0.15, -0.1) is 0 Å². The molecule has 20 heavy (non-hydrogen) atoms. The highest BCUT2D eigenvalue weighted by Crippen LogP contribution is 2.14. The average molecular weight is 267 g/mol. The van der Waals surface area contributed by atoms with Crippen LogP contribution in [0.5, 0.6) is 0 Å². The summed E-state index contributed by atoms with van der Waals surface area (Å²) in [5.41, 5.74) is 2.28. The molecule has 2 aromatic carbocycles. The first-order chi connectivity index (χ1) is 9.56. The molecular formula is C16H13NO3. The van der Waals surface area contributed by atoms with Crippen LogP contribution in [0.4, 0.5) is 5.69 Å². The molecule has 0 spiro atoms. The van der Waals surface area contributed by atoms with Crippen molar-refractivity contribution in [1.29, 1.82) is 0 Å². The van der Waals surface area contributed by atoms with Crippen LogP contribution in [0.2, 0.25) is 0 Å². The number of benzene rings is 2. The van der Waals surface area contributed by atoms with E-state index in [1.807, 2.05) is 31.2 Å². The SMILES string of the molecule is Cc1ccc(/C=C\C(=O)c2cccc([N+](=O)[O-])c2)cc1. The van der Waals surface area contributed by atoms with Gasteiger partial charge in [0, 0.05) is 17.7 Å². The summed E-state index contributed by atoms with van der Waals surface area (Å²) in [6, 6.07) is 13.4. The number of nitro groups is 1. The van der Waals surface area contributed by atoms with Gasteiger partial charge in [0.25, 0.3) is 5.69 Å². The number of hydrogen-bond acceptors (Lipinski definition) is 3. The number of hydrogen-bond donors (Lipinski definition) is 0. The first kappa shape index (κ1) is 13.7. The normalized spacial score (nSPS) is 10.7. The summed E-state index contributed by atoms with van der Waals surface area (Å²) in [6.07, 6.45) is 3.12. The molecular weight excluding hydrogens is 254 g/mol. The van der Waals surface area contributed by atoms with Crippen LogP contribution in [0.3, 0.4) is 0 Å². The molecule has 0 amide bonds. The number of allylic oxidation sites excluding steroid dienone is 1. The van der Waals surface area contributed by atoms with Gasteiger partial charge in [0.1, 0.15) is 0 Å². The van der Waals surface area contributed by atoms with Crippen molar-refractivity contribution >= 4 is 17.5 Å². The van der Waals surface area contributed by atoms with Crippen molar-refractivity contribution in [3.05, 3.63) is 81.4 Å². The highest BCUT2D eigenvalue weighted by molar-refractivity contribution is 6.07. The monoisotopic (exact) mass is 267 g/mol.